The smallest absolute Gasteiger partial charge is 0.323 e. The van der Waals surface area contributed by atoms with Crippen molar-refractivity contribution in [3.8, 4) is 0 Å². The summed E-state index contributed by atoms with van der Waals surface area (Å²) >= 11 is 3.55. The fraction of sp³-hybridized carbons (Fsp3) is 0.500. The number of hydrogen-bond acceptors (Lipinski definition) is 3. The number of hydrogen-bond donors (Lipinski definition) is 4. The monoisotopic (exact) mass is 338 g/mol. The SMILES string of the molecule is CC(CC1CCCN1)Nc1cc2[nH]c(=O)[nH]c2cc1Br. The van der Waals surface area contributed by atoms with Gasteiger partial charge in [0.05, 0.1) is 16.7 Å². The molecule has 0 radical (unpaired) electrons. The van der Waals surface area contributed by atoms with Gasteiger partial charge in [0.25, 0.3) is 0 Å². The molecular formula is C14H19BrN4O. The summed E-state index contributed by atoms with van der Waals surface area (Å²) in [5.74, 6) is 0. The Bertz CT molecular complexity index is 657. The van der Waals surface area contributed by atoms with Crippen molar-refractivity contribution in [2.75, 3.05) is 11.9 Å². The Kier molecular flexibility index (Phi) is 3.85. The number of rotatable bonds is 4. The van der Waals surface area contributed by atoms with Crippen LogP contribution in [0.2, 0.25) is 0 Å². The van der Waals surface area contributed by atoms with Gasteiger partial charge in [-0.05, 0) is 60.8 Å². The van der Waals surface area contributed by atoms with Crippen molar-refractivity contribution in [3.05, 3.63) is 27.1 Å². The quantitative estimate of drug-likeness (QED) is 0.692. The van der Waals surface area contributed by atoms with E-state index in [1.54, 1.807) is 0 Å². The van der Waals surface area contributed by atoms with Gasteiger partial charge in [0.2, 0.25) is 0 Å². The number of benzene rings is 1. The fourth-order valence-electron chi connectivity index (χ4n) is 2.88. The van der Waals surface area contributed by atoms with Crippen LogP contribution in [0, 0.1) is 0 Å². The molecule has 1 aliphatic heterocycles. The maximum atomic E-state index is 11.3. The molecule has 1 aromatic carbocycles. The van der Waals surface area contributed by atoms with Gasteiger partial charge in [-0.1, -0.05) is 0 Å². The molecule has 2 atom stereocenters. The topological polar surface area (TPSA) is 72.7 Å². The first-order chi connectivity index (χ1) is 9.61. The molecule has 3 rings (SSSR count). The molecule has 2 heterocycles. The highest BCUT2D eigenvalue weighted by Crippen LogP contribution is 2.27. The lowest BCUT2D eigenvalue weighted by atomic mass is 10.1. The molecule has 0 aliphatic carbocycles. The average molecular weight is 339 g/mol. The van der Waals surface area contributed by atoms with Gasteiger partial charge in [-0.3, -0.25) is 0 Å². The lowest BCUT2D eigenvalue weighted by molar-refractivity contribution is 0.523. The molecule has 4 N–H and O–H groups in total. The molecular weight excluding hydrogens is 320 g/mol. The maximum Gasteiger partial charge on any atom is 0.323 e. The third-order valence-electron chi connectivity index (χ3n) is 3.81. The van der Waals surface area contributed by atoms with Crippen molar-refractivity contribution in [1.29, 1.82) is 0 Å². The molecule has 1 fully saturated rings. The van der Waals surface area contributed by atoms with Crippen LogP contribution in [-0.2, 0) is 0 Å². The lowest BCUT2D eigenvalue weighted by Crippen LogP contribution is -2.29. The van der Waals surface area contributed by atoms with Gasteiger partial charge in [0, 0.05) is 16.6 Å². The minimum Gasteiger partial charge on any atom is -0.382 e. The fourth-order valence-corrected chi connectivity index (χ4v) is 3.33. The van der Waals surface area contributed by atoms with Crippen molar-refractivity contribution in [1.82, 2.24) is 15.3 Å². The molecule has 5 nitrogen and oxygen atoms in total. The molecule has 2 aromatic rings. The van der Waals surface area contributed by atoms with Crippen molar-refractivity contribution >= 4 is 32.7 Å². The highest BCUT2D eigenvalue weighted by molar-refractivity contribution is 9.10. The lowest BCUT2D eigenvalue weighted by Gasteiger charge is -2.20. The second-order valence-corrected chi connectivity index (χ2v) is 6.39. The molecule has 0 bridgehead atoms. The highest BCUT2D eigenvalue weighted by Gasteiger charge is 2.17. The first kappa shape index (κ1) is 13.7. The van der Waals surface area contributed by atoms with E-state index in [4.69, 9.17) is 0 Å². The Hall–Kier alpha value is -1.27. The third-order valence-corrected chi connectivity index (χ3v) is 4.46. The number of nitrogens with one attached hydrogen (secondary N) is 4. The highest BCUT2D eigenvalue weighted by atomic mass is 79.9. The van der Waals surface area contributed by atoms with Gasteiger partial charge >= 0.3 is 5.69 Å². The van der Waals surface area contributed by atoms with E-state index in [2.05, 4.69) is 43.5 Å². The van der Waals surface area contributed by atoms with Gasteiger partial charge in [0.15, 0.2) is 0 Å². The number of aromatic nitrogens is 2. The van der Waals surface area contributed by atoms with E-state index < -0.39 is 0 Å². The number of H-pyrrole nitrogens is 2. The summed E-state index contributed by atoms with van der Waals surface area (Å²) < 4.78 is 0.964. The summed E-state index contributed by atoms with van der Waals surface area (Å²) in [6.07, 6.45) is 3.64. The molecule has 20 heavy (non-hydrogen) atoms. The number of halogens is 1. The predicted octanol–water partition coefficient (Wildman–Crippen LogP) is 2.56. The normalized spacial score (nSPS) is 20.4. The van der Waals surface area contributed by atoms with Gasteiger partial charge < -0.3 is 20.6 Å². The molecule has 6 heteroatoms. The van der Waals surface area contributed by atoms with Crippen molar-refractivity contribution in [3.63, 3.8) is 0 Å². The first-order valence-corrected chi connectivity index (χ1v) is 7.82. The van der Waals surface area contributed by atoms with Crippen LogP contribution in [0.25, 0.3) is 11.0 Å². The maximum absolute atomic E-state index is 11.3. The van der Waals surface area contributed by atoms with Crippen LogP contribution in [0.5, 0.6) is 0 Å². The van der Waals surface area contributed by atoms with Gasteiger partial charge in [-0.25, -0.2) is 4.79 Å². The van der Waals surface area contributed by atoms with E-state index in [1.165, 1.54) is 12.8 Å². The Balaban J connectivity index is 1.75. The van der Waals surface area contributed by atoms with Crippen molar-refractivity contribution < 1.29 is 0 Å². The first-order valence-electron chi connectivity index (χ1n) is 7.03. The van der Waals surface area contributed by atoms with Crippen molar-refractivity contribution in [2.45, 2.75) is 38.3 Å². The molecule has 1 aromatic heterocycles. The minimum atomic E-state index is -0.174. The van der Waals surface area contributed by atoms with Crippen LogP contribution >= 0.6 is 15.9 Å². The van der Waals surface area contributed by atoms with Crippen LogP contribution in [0.4, 0.5) is 5.69 Å². The summed E-state index contributed by atoms with van der Waals surface area (Å²) in [6.45, 7) is 3.33. The average Bonchev–Trinajstić information content (AvgIpc) is 2.98. The number of imidazole rings is 1. The van der Waals surface area contributed by atoms with Gasteiger partial charge in [0.1, 0.15) is 0 Å². The van der Waals surface area contributed by atoms with E-state index in [0.717, 1.165) is 34.2 Å². The van der Waals surface area contributed by atoms with Crippen LogP contribution in [-0.4, -0.2) is 28.6 Å². The summed E-state index contributed by atoms with van der Waals surface area (Å²) in [7, 11) is 0. The van der Waals surface area contributed by atoms with E-state index in [1.807, 2.05) is 12.1 Å². The Labute approximate surface area is 125 Å². The van der Waals surface area contributed by atoms with Crippen LogP contribution < -0.4 is 16.3 Å². The summed E-state index contributed by atoms with van der Waals surface area (Å²) in [5, 5.41) is 7.03. The summed E-state index contributed by atoms with van der Waals surface area (Å²) in [4.78, 5) is 16.9. The molecule has 108 valence electrons. The zero-order chi connectivity index (χ0) is 14.1. The van der Waals surface area contributed by atoms with E-state index in [9.17, 15) is 4.79 Å². The third kappa shape index (κ3) is 2.91. The second-order valence-electron chi connectivity index (χ2n) is 5.53. The number of fused-ring (bicyclic) bond motifs is 1. The molecule has 0 saturated carbocycles. The van der Waals surface area contributed by atoms with E-state index in [0.29, 0.717) is 12.1 Å². The molecule has 1 aliphatic rings. The minimum absolute atomic E-state index is 0.174. The second kappa shape index (κ2) is 5.61. The van der Waals surface area contributed by atoms with Crippen LogP contribution in [0.3, 0.4) is 0 Å². The molecule has 1 saturated heterocycles. The zero-order valence-electron chi connectivity index (χ0n) is 11.4. The Morgan fingerprint density at radius 3 is 2.85 bits per heavy atom. The van der Waals surface area contributed by atoms with Crippen LogP contribution in [0.1, 0.15) is 26.2 Å². The van der Waals surface area contributed by atoms with E-state index in [-0.39, 0.29) is 5.69 Å². The predicted molar refractivity (Wildman–Crippen MR) is 85.3 cm³/mol. The van der Waals surface area contributed by atoms with Crippen LogP contribution in [0.15, 0.2) is 21.4 Å². The van der Waals surface area contributed by atoms with Crippen molar-refractivity contribution in [2.24, 2.45) is 0 Å². The van der Waals surface area contributed by atoms with E-state index >= 15 is 0 Å². The molecule has 0 amide bonds. The summed E-state index contributed by atoms with van der Waals surface area (Å²) in [5.41, 5.74) is 2.48. The zero-order valence-corrected chi connectivity index (χ0v) is 13.0. The standard InChI is InChI=1S/C14H19BrN4O/c1-8(5-9-3-2-4-16-9)17-11-7-13-12(6-10(11)15)18-14(20)19-13/h6-9,16-17H,2-5H2,1H3,(H2,18,19,20). The Morgan fingerprint density at radius 2 is 2.15 bits per heavy atom. The van der Waals surface area contributed by atoms with Gasteiger partial charge in [-0.2, -0.15) is 0 Å². The number of aromatic amines is 2. The largest absolute Gasteiger partial charge is 0.382 e. The number of anilines is 1. The Morgan fingerprint density at radius 1 is 1.40 bits per heavy atom. The molecule has 2 unspecified atom stereocenters. The molecule has 0 spiro atoms. The van der Waals surface area contributed by atoms with Gasteiger partial charge in [-0.15, -0.1) is 0 Å². The summed E-state index contributed by atoms with van der Waals surface area (Å²) in [6, 6.07) is 4.89.